The van der Waals surface area contributed by atoms with E-state index in [1.165, 1.54) is 103 Å². The number of carbonyl (C=O) groups is 3. The van der Waals surface area contributed by atoms with E-state index in [1.54, 1.807) is 0 Å². The second-order valence-corrected chi connectivity index (χ2v) is 13.8. The van der Waals surface area contributed by atoms with Crippen LogP contribution in [0.25, 0.3) is 0 Å². The van der Waals surface area contributed by atoms with Gasteiger partial charge in [-0.25, -0.2) is 0 Å². The summed E-state index contributed by atoms with van der Waals surface area (Å²) in [5, 5.41) is 0. The SMILES string of the molecule is CCCCCCCCCCCCCCCC(=O)OC[C@@H](COC(=O)CCCCCCC)OC(=O)CCCCCCCCC(C)CC. The minimum atomic E-state index is -0.757. The molecule has 46 heavy (non-hydrogen) atoms. The van der Waals surface area contributed by atoms with E-state index in [-0.39, 0.29) is 31.1 Å². The van der Waals surface area contributed by atoms with Crippen molar-refractivity contribution in [1.82, 2.24) is 0 Å². The summed E-state index contributed by atoms with van der Waals surface area (Å²) in [6.45, 7) is 8.86. The van der Waals surface area contributed by atoms with Crippen molar-refractivity contribution in [3.63, 3.8) is 0 Å². The van der Waals surface area contributed by atoms with Gasteiger partial charge in [0.25, 0.3) is 0 Å². The second-order valence-electron chi connectivity index (χ2n) is 13.8. The zero-order valence-corrected chi connectivity index (χ0v) is 31.0. The van der Waals surface area contributed by atoms with Crippen LogP contribution in [0.2, 0.25) is 0 Å². The molecule has 0 amide bonds. The number of rotatable bonds is 35. The Morgan fingerprint density at radius 3 is 1.13 bits per heavy atom. The van der Waals surface area contributed by atoms with Crippen molar-refractivity contribution in [1.29, 1.82) is 0 Å². The predicted octanol–water partition coefficient (Wildman–Crippen LogP) is 12.0. The van der Waals surface area contributed by atoms with Gasteiger partial charge in [0, 0.05) is 19.3 Å². The highest BCUT2D eigenvalue weighted by Gasteiger charge is 2.19. The van der Waals surface area contributed by atoms with Crippen LogP contribution in [0.3, 0.4) is 0 Å². The highest BCUT2D eigenvalue weighted by Crippen LogP contribution is 2.16. The first-order valence-electron chi connectivity index (χ1n) is 19.9. The van der Waals surface area contributed by atoms with Gasteiger partial charge in [-0.3, -0.25) is 14.4 Å². The smallest absolute Gasteiger partial charge is 0.306 e. The van der Waals surface area contributed by atoms with Gasteiger partial charge >= 0.3 is 17.9 Å². The molecular weight excluding hydrogens is 576 g/mol. The Kier molecular flexibility index (Phi) is 33.5. The molecule has 0 saturated heterocycles. The van der Waals surface area contributed by atoms with Gasteiger partial charge in [0.1, 0.15) is 13.2 Å². The van der Waals surface area contributed by atoms with E-state index in [4.69, 9.17) is 14.2 Å². The van der Waals surface area contributed by atoms with Gasteiger partial charge in [0.05, 0.1) is 0 Å². The molecule has 2 atom stereocenters. The lowest BCUT2D eigenvalue weighted by Gasteiger charge is -2.18. The fourth-order valence-electron chi connectivity index (χ4n) is 5.71. The third kappa shape index (κ3) is 32.4. The van der Waals surface area contributed by atoms with Crippen LogP contribution in [0.4, 0.5) is 0 Å². The van der Waals surface area contributed by atoms with Gasteiger partial charge in [-0.1, -0.05) is 175 Å². The lowest BCUT2D eigenvalue weighted by Crippen LogP contribution is -2.30. The molecule has 0 aliphatic carbocycles. The molecule has 0 rings (SSSR count). The van der Waals surface area contributed by atoms with Crippen LogP contribution < -0.4 is 0 Å². The zero-order valence-electron chi connectivity index (χ0n) is 31.0. The zero-order chi connectivity index (χ0) is 33.9. The molecule has 0 aromatic rings. The van der Waals surface area contributed by atoms with E-state index in [0.29, 0.717) is 19.3 Å². The molecule has 0 aliphatic rings. The Morgan fingerprint density at radius 1 is 0.435 bits per heavy atom. The fraction of sp³-hybridized carbons (Fsp3) is 0.925. The van der Waals surface area contributed by atoms with Crippen molar-refractivity contribution < 1.29 is 28.6 Å². The molecule has 0 fully saturated rings. The quantitative estimate of drug-likeness (QED) is 0.0385. The molecule has 0 aromatic heterocycles. The van der Waals surface area contributed by atoms with Crippen molar-refractivity contribution in [2.75, 3.05) is 13.2 Å². The van der Waals surface area contributed by atoms with Crippen molar-refractivity contribution in [3.05, 3.63) is 0 Å². The van der Waals surface area contributed by atoms with Crippen LogP contribution >= 0.6 is 0 Å². The van der Waals surface area contributed by atoms with E-state index >= 15 is 0 Å². The maximum Gasteiger partial charge on any atom is 0.306 e. The third-order valence-electron chi connectivity index (χ3n) is 9.15. The summed E-state index contributed by atoms with van der Waals surface area (Å²) in [4.78, 5) is 37.2. The summed E-state index contributed by atoms with van der Waals surface area (Å²) in [6, 6.07) is 0. The number of hydrogen-bond donors (Lipinski definition) is 0. The van der Waals surface area contributed by atoms with Crippen LogP contribution in [0.15, 0.2) is 0 Å². The number of hydrogen-bond acceptors (Lipinski definition) is 6. The van der Waals surface area contributed by atoms with Crippen LogP contribution in [0.1, 0.15) is 214 Å². The maximum atomic E-state index is 12.6. The van der Waals surface area contributed by atoms with Gasteiger partial charge in [0.15, 0.2) is 6.10 Å². The van der Waals surface area contributed by atoms with Gasteiger partial charge in [-0.05, 0) is 25.2 Å². The van der Waals surface area contributed by atoms with E-state index in [2.05, 4.69) is 27.7 Å². The number of unbranched alkanes of at least 4 members (excludes halogenated alkanes) is 21. The molecule has 272 valence electrons. The predicted molar refractivity (Wildman–Crippen MR) is 192 cm³/mol. The standard InChI is InChI=1S/C40H76O6/c1-5-8-10-12-13-14-15-16-17-18-19-24-28-32-39(42)45-35-37(34-44-38(41)31-27-22-11-9-6-2)46-40(43)33-29-25-21-20-23-26-30-36(4)7-3/h36-37H,5-35H2,1-4H3/t36?,37-/m1/s1. The molecule has 0 N–H and O–H groups in total. The molecule has 0 aliphatic heterocycles. The molecule has 0 radical (unpaired) electrons. The van der Waals surface area contributed by atoms with Crippen molar-refractivity contribution in [3.8, 4) is 0 Å². The average Bonchev–Trinajstić information content (AvgIpc) is 3.05. The molecule has 6 nitrogen and oxygen atoms in total. The molecule has 0 spiro atoms. The van der Waals surface area contributed by atoms with E-state index in [0.717, 1.165) is 70.1 Å². The Labute approximate surface area is 285 Å². The van der Waals surface area contributed by atoms with Gasteiger partial charge in [0.2, 0.25) is 0 Å². The molecule has 1 unspecified atom stereocenters. The first-order valence-corrected chi connectivity index (χ1v) is 19.9. The van der Waals surface area contributed by atoms with Crippen LogP contribution in [-0.4, -0.2) is 37.2 Å². The van der Waals surface area contributed by atoms with Gasteiger partial charge in [-0.15, -0.1) is 0 Å². The molecule has 0 saturated carbocycles. The summed E-state index contributed by atoms with van der Waals surface area (Å²) >= 11 is 0. The van der Waals surface area contributed by atoms with Crippen LogP contribution in [0, 0.1) is 5.92 Å². The maximum absolute atomic E-state index is 12.6. The van der Waals surface area contributed by atoms with Gasteiger partial charge < -0.3 is 14.2 Å². The average molecular weight is 653 g/mol. The van der Waals surface area contributed by atoms with E-state index in [9.17, 15) is 14.4 Å². The second kappa shape index (κ2) is 34.7. The lowest BCUT2D eigenvalue weighted by atomic mass is 10.00. The summed E-state index contributed by atoms with van der Waals surface area (Å²) in [6.07, 6.45) is 31.1. The Balaban J connectivity index is 4.25. The molecule has 0 aromatic carbocycles. The number of esters is 3. The molecular formula is C40H76O6. The van der Waals surface area contributed by atoms with Gasteiger partial charge in [-0.2, -0.15) is 0 Å². The number of carbonyl (C=O) groups excluding carboxylic acids is 3. The first kappa shape index (κ1) is 44.4. The minimum Gasteiger partial charge on any atom is -0.462 e. The van der Waals surface area contributed by atoms with Crippen molar-refractivity contribution in [2.24, 2.45) is 5.92 Å². The van der Waals surface area contributed by atoms with Crippen molar-refractivity contribution >= 4 is 17.9 Å². The lowest BCUT2D eigenvalue weighted by molar-refractivity contribution is -0.167. The van der Waals surface area contributed by atoms with Crippen molar-refractivity contribution in [2.45, 2.75) is 220 Å². The van der Waals surface area contributed by atoms with E-state index < -0.39 is 6.10 Å². The number of ether oxygens (including phenoxy) is 3. The monoisotopic (exact) mass is 653 g/mol. The Morgan fingerprint density at radius 2 is 0.761 bits per heavy atom. The Bertz CT molecular complexity index is 693. The largest absolute Gasteiger partial charge is 0.462 e. The third-order valence-corrected chi connectivity index (χ3v) is 9.15. The molecule has 0 heterocycles. The highest BCUT2D eigenvalue weighted by molar-refractivity contribution is 5.71. The summed E-state index contributed by atoms with van der Waals surface area (Å²) in [5.74, 6) is -0.0694. The topological polar surface area (TPSA) is 78.9 Å². The summed E-state index contributed by atoms with van der Waals surface area (Å²) in [7, 11) is 0. The normalized spacial score (nSPS) is 12.5. The summed E-state index contributed by atoms with van der Waals surface area (Å²) in [5.41, 5.74) is 0. The fourth-order valence-corrected chi connectivity index (χ4v) is 5.71. The highest BCUT2D eigenvalue weighted by atomic mass is 16.6. The minimum absolute atomic E-state index is 0.0665. The van der Waals surface area contributed by atoms with E-state index in [1.807, 2.05) is 0 Å². The van der Waals surface area contributed by atoms with Crippen LogP contribution in [0.5, 0.6) is 0 Å². The Hall–Kier alpha value is -1.59. The van der Waals surface area contributed by atoms with Crippen LogP contribution in [-0.2, 0) is 28.6 Å². The first-order chi connectivity index (χ1) is 22.4. The molecule has 0 bridgehead atoms. The summed E-state index contributed by atoms with van der Waals surface area (Å²) < 4.78 is 16.5. The molecule has 6 heteroatoms.